The second kappa shape index (κ2) is 7.41. The Kier molecular flexibility index (Phi) is 5.31. The van der Waals surface area contributed by atoms with Gasteiger partial charge in [-0.15, -0.1) is 0 Å². The third kappa shape index (κ3) is 3.95. The molecule has 2 aromatic rings. The van der Waals surface area contributed by atoms with Crippen molar-refractivity contribution >= 4 is 17.5 Å². The van der Waals surface area contributed by atoms with Crippen molar-refractivity contribution in [1.82, 2.24) is 5.32 Å². The van der Waals surface area contributed by atoms with Crippen molar-refractivity contribution in [3.05, 3.63) is 65.2 Å². The highest BCUT2D eigenvalue weighted by atomic mass is 16.2. The van der Waals surface area contributed by atoms with Crippen molar-refractivity contribution < 1.29 is 9.59 Å². The molecule has 0 fully saturated rings. The van der Waals surface area contributed by atoms with Crippen molar-refractivity contribution in [3.63, 3.8) is 0 Å². The number of anilines is 1. The Bertz CT molecular complexity index is 680. The number of nitrogens with one attached hydrogen (secondary N) is 2. The van der Waals surface area contributed by atoms with Gasteiger partial charge in [0.05, 0.1) is 0 Å². The standard InChI is InChI=1S/C18H20N2O2/c1-3-11-19-17(21)14-8-6-9-15(12-14)20-18(22)16-10-5-4-7-13(16)2/h4-10,12H,3,11H2,1-2H3,(H,19,21)(H,20,22). The molecule has 0 spiro atoms. The highest BCUT2D eigenvalue weighted by molar-refractivity contribution is 6.06. The van der Waals surface area contributed by atoms with E-state index in [1.165, 1.54) is 0 Å². The van der Waals surface area contributed by atoms with Gasteiger partial charge in [0.1, 0.15) is 0 Å². The van der Waals surface area contributed by atoms with E-state index in [9.17, 15) is 9.59 Å². The zero-order valence-electron chi connectivity index (χ0n) is 12.8. The van der Waals surface area contributed by atoms with Crippen LogP contribution in [0.5, 0.6) is 0 Å². The van der Waals surface area contributed by atoms with Crippen LogP contribution in [0.1, 0.15) is 39.6 Å². The molecular weight excluding hydrogens is 276 g/mol. The molecule has 2 N–H and O–H groups in total. The fraction of sp³-hybridized carbons (Fsp3) is 0.222. The molecule has 0 unspecified atom stereocenters. The molecule has 2 aromatic carbocycles. The van der Waals surface area contributed by atoms with Gasteiger partial charge in [0.2, 0.25) is 0 Å². The molecule has 0 saturated carbocycles. The summed E-state index contributed by atoms with van der Waals surface area (Å²) in [5.74, 6) is -0.307. The van der Waals surface area contributed by atoms with E-state index in [0.717, 1.165) is 12.0 Å². The van der Waals surface area contributed by atoms with Gasteiger partial charge in [-0.1, -0.05) is 31.2 Å². The van der Waals surface area contributed by atoms with Crippen LogP contribution in [-0.4, -0.2) is 18.4 Å². The summed E-state index contributed by atoms with van der Waals surface area (Å²) in [6.07, 6.45) is 0.884. The minimum atomic E-state index is -0.177. The Morgan fingerprint density at radius 1 is 1.00 bits per heavy atom. The third-order valence-corrected chi connectivity index (χ3v) is 3.31. The minimum absolute atomic E-state index is 0.131. The molecule has 0 bridgehead atoms. The van der Waals surface area contributed by atoms with Gasteiger partial charge in [-0.25, -0.2) is 0 Å². The number of hydrogen-bond acceptors (Lipinski definition) is 2. The maximum Gasteiger partial charge on any atom is 0.255 e. The van der Waals surface area contributed by atoms with E-state index in [4.69, 9.17) is 0 Å². The van der Waals surface area contributed by atoms with Crippen molar-refractivity contribution in [2.24, 2.45) is 0 Å². The van der Waals surface area contributed by atoms with E-state index in [1.54, 1.807) is 30.3 Å². The quantitative estimate of drug-likeness (QED) is 0.888. The second-order valence-corrected chi connectivity index (χ2v) is 5.11. The Balaban J connectivity index is 2.12. The Hall–Kier alpha value is -2.62. The molecule has 0 aliphatic carbocycles. The van der Waals surface area contributed by atoms with Gasteiger partial charge in [0.25, 0.3) is 11.8 Å². The molecule has 22 heavy (non-hydrogen) atoms. The van der Waals surface area contributed by atoms with E-state index in [0.29, 0.717) is 23.4 Å². The predicted octanol–water partition coefficient (Wildman–Crippen LogP) is 3.39. The second-order valence-electron chi connectivity index (χ2n) is 5.11. The monoisotopic (exact) mass is 296 g/mol. The van der Waals surface area contributed by atoms with Crippen LogP contribution in [0.15, 0.2) is 48.5 Å². The van der Waals surface area contributed by atoms with E-state index in [-0.39, 0.29) is 11.8 Å². The zero-order chi connectivity index (χ0) is 15.9. The summed E-state index contributed by atoms with van der Waals surface area (Å²) in [5, 5.41) is 5.65. The van der Waals surface area contributed by atoms with E-state index >= 15 is 0 Å². The molecule has 4 heteroatoms. The van der Waals surface area contributed by atoms with E-state index < -0.39 is 0 Å². The molecule has 0 aliphatic heterocycles. The lowest BCUT2D eigenvalue weighted by molar-refractivity contribution is 0.0952. The molecule has 0 atom stereocenters. The average molecular weight is 296 g/mol. The number of carbonyl (C=O) groups excluding carboxylic acids is 2. The van der Waals surface area contributed by atoms with Crippen LogP contribution in [0.25, 0.3) is 0 Å². The van der Waals surface area contributed by atoms with Crippen LogP contribution in [0.4, 0.5) is 5.69 Å². The molecule has 2 rings (SSSR count). The van der Waals surface area contributed by atoms with Crippen LogP contribution < -0.4 is 10.6 Å². The maximum absolute atomic E-state index is 12.3. The summed E-state index contributed by atoms with van der Waals surface area (Å²) < 4.78 is 0. The topological polar surface area (TPSA) is 58.2 Å². The van der Waals surface area contributed by atoms with Crippen molar-refractivity contribution in [2.45, 2.75) is 20.3 Å². The van der Waals surface area contributed by atoms with Gasteiger partial charge >= 0.3 is 0 Å². The molecule has 0 radical (unpaired) electrons. The molecule has 0 aromatic heterocycles. The van der Waals surface area contributed by atoms with Gasteiger partial charge in [0.15, 0.2) is 0 Å². The van der Waals surface area contributed by atoms with Gasteiger partial charge in [-0.3, -0.25) is 9.59 Å². The fourth-order valence-corrected chi connectivity index (χ4v) is 2.10. The van der Waals surface area contributed by atoms with Crippen molar-refractivity contribution in [2.75, 3.05) is 11.9 Å². The molecule has 0 saturated heterocycles. The first-order valence-electron chi connectivity index (χ1n) is 7.37. The third-order valence-electron chi connectivity index (χ3n) is 3.31. The Labute approximate surface area is 130 Å². The summed E-state index contributed by atoms with van der Waals surface area (Å²) in [6, 6.07) is 14.3. The minimum Gasteiger partial charge on any atom is -0.352 e. The summed E-state index contributed by atoms with van der Waals surface area (Å²) in [5.41, 5.74) is 2.69. The maximum atomic E-state index is 12.3. The number of hydrogen-bond donors (Lipinski definition) is 2. The number of amides is 2. The van der Waals surface area contributed by atoms with E-state index in [2.05, 4.69) is 10.6 Å². The predicted molar refractivity (Wildman–Crippen MR) is 88.2 cm³/mol. The SMILES string of the molecule is CCCNC(=O)c1cccc(NC(=O)c2ccccc2C)c1. The molecule has 0 heterocycles. The zero-order valence-corrected chi connectivity index (χ0v) is 12.8. The average Bonchev–Trinajstić information content (AvgIpc) is 2.53. The molecule has 4 nitrogen and oxygen atoms in total. The van der Waals surface area contributed by atoms with Gasteiger partial charge in [0, 0.05) is 23.4 Å². The van der Waals surface area contributed by atoms with Gasteiger partial charge < -0.3 is 10.6 Å². The molecule has 0 aliphatic rings. The number of carbonyl (C=O) groups is 2. The molecule has 114 valence electrons. The summed E-state index contributed by atoms with van der Waals surface area (Å²) in [4.78, 5) is 24.2. The first-order chi connectivity index (χ1) is 10.6. The fourth-order valence-electron chi connectivity index (χ4n) is 2.10. The summed E-state index contributed by atoms with van der Waals surface area (Å²) in [6.45, 7) is 4.53. The first-order valence-corrected chi connectivity index (χ1v) is 7.37. The molecule has 2 amide bonds. The summed E-state index contributed by atoms with van der Waals surface area (Å²) >= 11 is 0. The molecular formula is C18H20N2O2. The lowest BCUT2D eigenvalue weighted by atomic mass is 10.1. The highest BCUT2D eigenvalue weighted by Crippen LogP contribution is 2.14. The van der Waals surface area contributed by atoms with Crippen LogP contribution in [0, 0.1) is 6.92 Å². The van der Waals surface area contributed by atoms with Crippen molar-refractivity contribution in [1.29, 1.82) is 0 Å². The largest absolute Gasteiger partial charge is 0.352 e. The number of rotatable bonds is 5. The van der Waals surface area contributed by atoms with Crippen molar-refractivity contribution in [3.8, 4) is 0 Å². The smallest absolute Gasteiger partial charge is 0.255 e. The highest BCUT2D eigenvalue weighted by Gasteiger charge is 2.10. The summed E-state index contributed by atoms with van der Waals surface area (Å²) in [7, 11) is 0. The van der Waals surface area contributed by atoms with Crippen LogP contribution in [-0.2, 0) is 0 Å². The lowest BCUT2D eigenvalue weighted by Crippen LogP contribution is -2.24. The number of benzene rings is 2. The Morgan fingerprint density at radius 2 is 1.77 bits per heavy atom. The van der Waals surface area contributed by atoms with E-state index in [1.807, 2.05) is 32.0 Å². The normalized spacial score (nSPS) is 10.1. The number of aryl methyl sites for hydroxylation is 1. The van der Waals surface area contributed by atoms with Crippen LogP contribution >= 0.6 is 0 Å². The van der Waals surface area contributed by atoms with Crippen LogP contribution in [0.2, 0.25) is 0 Å². The first kappa shape index (κ1) is 15.8. The van der Waals surface area contributed by atoms with Gasteiger partial charge in [-0.2, -0.15) is 0 Å². The van der Waals surface area contributed by atoms with Crippen LogP contribution in [0.3, 0.4) is 0 Å². The lowest BCUT2D eigenvalue weighted by Gasteiger charge is -2.09. The Morgan fingerprint density at radius 3 is 2.50 bits per heavy atom. The van der Waals surface area contributed by atoms with Gasteiger partial charge in [-0.05, 0) is 43.2 Å².